The fourth-order valence-electron chi connectivity index (χ4n) is 2.64. The molecule has 0 saturated carbocycles. The van der Waals surface area contributed by atoms with Gasteiger partial charge >= 0.3 is 0 Å². The predicted molar refractivity (Wildman–Crippen MR) is 78.2 cm³/mol. The molecule has 3 rings (SSSR count). The van der Waals surface area contributed by atoms with Crippen LogP contribution in [-0.2, 0) is 11.3 Å². The summed E-state index contributed by atoms with van der Waals surface area (Å²) in [7, 11) is 0. The van der Waals surface area contributed by atoms with Gasteiger partial charge in [0.15, 0.2) is 0 Å². The zero-order valence-electron chi connectivity index (χ0n) is 11.5. The lowest BCUT2D eigenvalue weighted by Crippen LogP contribution is -2.45. The van der Waals surface area contributed by atoms with Gasteiger partial charge in [0.05, 0.1) is 19.0 Å². The molecule has 0 amide bonds. The summed E-state index contributed by atoms with van der Waals surface area (Å²) >= 11 is 0. The Kier molecular flexibility index (Phi) is 4.16. The summed E-state index contributed by atoms with van der Waals surface area (Å²) in [5.74, 6) is 0.921. The minimum Gasteiger partial charge on any atom is -0.464 e. The molecule has 20 heavy (non-hydrogen) atoms. The molecule has 1 aliphatic rings. The molecule has 4 heteroatoms. The minimum absolute atomic E-state index is 0.152. The first-order valence-electron chi connectivity index (χ1n) is 7.02. The van der Waals surface area contributed by atoms with Gasteiger partial charge < -0.3 is 14.9 Å². The van der Waals surface area contributed by atoms with Crippen molar-refractivity contribution >= 4 is 0 Å². The summed E-state index contributed by atoms with van der Waals surface area (Å²) in [6.45, 7) is 4.07. The van der Waals surface area contributed by atoms with Crippen molar-refractivity contribution in [2.75, 3.05) is 26.2 Å². The molecular weight excluding hydrogens is 252 g/mol. The SMILES string of the molecule is NC[C@H]1CN(Cc2ccccc2-c2ccco2)CCO1. The molecule has 1 aliphatic heterocycles. The first-order valence-corrected chi connectivity index (χ1v) is 7.02. The van der Waals surface area contributed by atoms with E-state index in [0.29, 0.717) is 6.54 Å². The quantitative estimate of drug-likeness (QED) is 0.926. The highest BCUT2D eigenvalue weighted by Crippen LogP contribution is 2.25. The highest BCUT2D eigenvalue weighted by molar-refractivity contribution is 5.61. The van der Waals surface area contributed by atoms with Crippen LogP contribution in [0.25, 0.3) is 11.3 Å². The Bertz CT molecular complexity index is 539. The monoisotopic (exact) mass is 272 g/mol. The lowest BCUT2D eigenvalue weighted by atomic mass is 10.0. The Balaban J connectivity index is 1.77. The van der Waals surface area contributed by atoms with Crippen molar-refractivity contribution in [3.05, 3.63) is 48.2 Å². The summed E-state index contributed by atoms with van der Waals surface area (Å²) in [6, 6.07) is 12.3. The highest BCUT2D eigenvalue weighted by Gasteiger charge is 2.20. The molecule has 106 valence electrons. The average molecular weight is 272 g/mol. The van der Waals surface area contributed by atoms with Crippen LogP contribution in [-0.4, -0.2) is 37.2 Å². The average Bonchev–Trinajstić information content (AvgIpc) is 3.02. The molecule has 2 N–H and O–H groups in total. The van der Waals surface area contributed by atoms with Crippen molar-refractivity contribution < 1.29 is 9.15 Å². The van der Waals surface area contributed by atoms with Gasteiger partial charge in [-0.2, -0.15) is 0 Å². The van der Waals surface area contributed by atoms with Crippen LogP contribution < -0.4 is 5.73 Å². The second-order valence-corrected chi connectivity index (χ2v) is 5.10. The Hall–Kier alpha value is -1.62. The van der Waals surface area contributed by atoms with Crippen LogP contribution in [0.3, 0.4) is 0 Å². The maximum absolute atomic E-state index is 5.70. The third-order valence-corrected chi connectivity index (χ3v) is 3.68. The molecule has 1 atom stereocenters. The van der Waals surface area contributed by atoms with Crippen LogP contribution in [0, 0.1) is 0 Å². The molecule has 1 aromatic carbocycles. The van der Waals surface area contributed by atoms with Gasteiger partial charge in [-0.15, -0.1) is 0 Å². The molecular formula is C16H20N2O2. The van der Waals surface area contributed by atoms with Crippen LogP contribution in [0.5, 0.6) is 0 Å². The summed E-state index contributed by atoms with van der Waals surface area (Å²) in [4.78, 5) is 2.39. The number of rotatable bonds is 4. The van der Waals surface area contributed by atoms with Crippen LogP contribution in [0.2, 0.25) is 0 Å². The Morgan fingerprint density at radius 2 is 2.10 bits per heavy atom. The van der Waals surface area contributed by atoms with Gasteiger partial charge in [0, 0.05) is 31.7 Å². The maximum atomic E-state index is 5.70. The maximum Gasteiger partial charge on any atom is 0.134 e. The second kappa shape index (κ2) is 6.22. The molecule has 0 unspecified atom stereocenters. The first-order chi connectivity index (χ1) is 9.86. The van der Waals surface area contributed by atoms with E-state index in [-0.39, 0.29) is 6.10 Å². The van der Waals surface area contributed by atoms with Gasteiger partial charge in [-0.1, -0.05) is 24.3 Å². The second-order valence-electron chi connectivity index (χ2n) is 5.10. The number of hydrogen-bond acceptors (Lipinski definition) is 4. The number of ether oxygens (including phenoxy) is 1. The van der Waals surface area contributed by atoms with Crippen molar-refractivity contribution in [2.45, 2.75) is 12.6 Å². The zero-order chi connectivity index (χ0) is 13.8. The lowest BCUT2D eigenvalue weighted by Gasteiger charge is -2.32. The minimum atomic E-state index is 0.152. The Labute approximate surface area is 119 Å². The Morgan fingerprint density at radius 3 is 2.90 bits per heavy atom. The molecule has 1 saturated heterocycles. The number of hydrogen-bond donors (Lipinski definition) is 1. The molecule has 1 aromatic heterocycles. The molecule has 0 bridgehead atoms. The van der Waals surface area contributed by atoms with E-state index in [0.717, 1.165) is 37.6 Å². The number of benzene rings is 1. The highest BCUT2D eigenvalue weighted by atomic mass is 16.5. The van der Waals surface area contributed by atoms with E-state index in [1.165, 1.54) is 5.56 Å². The third kappa shape index (κ3) is 2.93. The fourth-order valence-corrected chi connectivity index (χ4v) is 2.64. The van der Waals surface area contributed by atoms with E-state index in [9.17, 15) is 0 Å². The number of nitrogens with zero attached hydrogens (tertiary/aromatic N) is 1. The van der Waals surface area contributed by atoms with Crippen LogP contribution in [0.4, 0.5) is 0 Å². The van der Waals surface area contributed by atoms with E-state index < -0.39 is 0 Å². The standard InChI is InChI=1S/C16H20N2O2/c17-10-14-12-18(7-9-19-14)11-13-4-1-2-5-15(13)16-6-3-8-20-16/h1-6,8,14H,7,9-12,17H2/t14-/m0/s1. The van der Waals surface area contributed by atoms with Crippen molar-refractivity contribution in [1.82, 2.24) is 4.90 Å². The predicted octanol–water partition coefficient (Wildman–Crippen LogP) is 2.11. The van der Waals surface area contributed by atoms with Gasteiger partial charge in [0.1, 0.15) is 5.76 Å². The van der Waals surface area contributed by atoms with E-state index in [1.54, 1.807) is 6.26 Å². The van der Waals surface area contributed by atoms with Gasteiger partial charge in [-0.3, -0.25) is 4.90 Å². The first kappa shape index (κ1) is 13.4. The van der Waals surface area contributed by atoms with E-state index in [2.05, 4.69) is 23.1 Å². The number of furan rings is 1. The topological polar surface area (TPSA) is 51.6 Å². The number of nitrogens with two attached hydrogens (primary N) is 1. The number of morpholine rings is 1. The van der Waals surface area contributed by atoms with Gasteiger partial charge in [0.25, 0.3) is 0 Å². The van der Waals surface area contributed by atoms with E-state index >= 15 is 0 Å². The largest absolute Gasteiger partial charge is 0.464 e. The van der Waals surface area contributed by atoms with Crippen molar-refractivity contribution in [2.24, 2.45) is 5.73 Å². The summed E-state index contributed by atoms with van der Waals surface area (Å²) < 4.78 is 11.1. The van der Waals surface area contributed by atoms with Crippen LogP contribution in [0.1, 0.15) is 5.56 Å². The zero-order valence-corrected chi connectivity index (χ0v) is 11.5. The fraction of sp³-hybridized carbons (Fsp3) is 0.375. The molecule has 2 heterocycles. The summed E-state index contributed by atoms with van der Waals surface area (Å²) in [6.07, 6.45) is 1.87. The van der Waals surface area contributed by atoms with Crippen molar-refractivity contribution in [3.63, 3.8) is 0 Å². The van der Waals surface area contributed by atoms with Crippen molar-refractivity contribution in [1.29, 1.82) is 0 Å². The van der Waals surface area contributed by atoms with E-state index in [1.807, 2.05) is 18.2 Å². The van der Waals surface area contributed by atoms with Gasteiger partial charge in [-0.05, 0) is 17.7 Å². The molecule has 0 radical (unpaired) electrons. The molecule has 2 aromatic rings. The lowest BCUT2D eigenvalue weighted by molar-refractivity contribution is -0.0260. The molecule has 4 nitrogen and oxygen atoms in total. The summed E-state index contributed by atoms with van der Waals surface area (Å²) in [5, 5.41) is 0. The normalized spacial score (nSPS) is 20.1. The molecule has 0 aliphatic carbocycles. The van der Waals surface area contributed by atoms with Crippen LogP contribution in [0.15, 0.2) is 47.1 Å². The molecule has 1 fully saturated rings. The van der Waals surface area contributed by atoms with Gasteiger partial charge in [0.2, 0.25) is 0 Å². The van der Waals surface area contributed by atoms with E-state index in [4.69, 9.17) is 14.9 Å². The van der Waals surface area contributed by atoms with Gasteiger partial charge in [-0.25, -0.2) is 0 Å². The van der Waals surface area contributed by atoms with Crippen molar-refractivity contribution in [3.8, 4) is 11.3 Å². The molecule has 0 spiro atoms. The third-order valence-electron chi connectivity index (χ3n) is 3.68. The van der Waals surface area contributed by atoms with Crippen LogP contribution >= 0.6 is 0 Å². The Morgan fingerprint density at radius 1 is 1.20 bits per heavy atom. The summed E-state index contributed by atoms with van der Waals surface area (Å²) in [5.41, 5.74) is 8.14. The smallest absolute Gasteiger partial charge is 0.134 e.